The van der Waals surface area contributed by atoms with Gasteiger partial charge in [-0.2, -0.15) is 0 Å². The van der Waals surface area contributed by atoms with E-state index in [1.165, 1.54) is 5.56 Å². The predicted molar refractivity (Wildman–Crippen MR) is 95.3 cm³/mol. The first-order valence-corrected chi connectivity index (χ1v) is 8.50. The molecular formula is C19H32N2O2. The maximum Gasteiger partial charge on any atom is 0.407 e. The smallest absolute Gasteiger partial charge is 0.407 e. The molecule has 23 heavy (non-hydrogen) atoms. The lowest BCUT2D eigenvalue weighted by Gasteiger charge is -2.22. The van der Waals surface area contributed by atoms with E-state index in [1.54, 1.807) is 0 Å². The van der Waals surface area contributed by atoms with Gasteiger partial charge in [0.05, 0.1) is 0 Å². The van der Waals surface area contributed by atoms with Gasteiger partial charge in [-0.25, -0.2) is 4.79 Å². The van der Waals surface area contributed by atoms with Gasteiger partial charge in [-0.05, 0) is 44.2 Å². The van der Waals surface area contributed by atoms with Crippen LogP contribution in [0.4, 0.5) is 4.79 Å². The molecule has 0 aromatic heterocycles. The van der Waals surface area contributed by atoms with Gasteiger partial charge in [-0.3, -0.25) is 0 Å². The van der Waals surface area contributed by atoms with Crippen LogP contribution in [0.3, 0.4) is 0 Å². The molecule has 1 amide bonds. The van der Waals surface area contributed by atoms with Crippen LogP contribution in [-0.4, -0.2) is 17.7 Å². The molecule has 0 saturated carbocycles. The van der Waals surface area contributed by atoms with Gasteiger partial charge < -0.3 is 15.4 Å². The monoisotopic (exact) mass is 320 g/mol. The fraction of sp³-hybridized carbons (Fsp3) is 0.632. The molecule has 4 heteroatoms. The molecule has 1 aromatic rings. The van der Waals surface area contributed by atoms with Crippen molar-refractivity contribution in [3.8, 4) is 0 Å². The molecule has 0 aliphatic heterocycles. The van der Waals surface area contributed by atoms with Gasteiger partial charge in [-0.1, -0.05) is 45.0 Å². The summed E-state index contributed by atoms with van der Waals surface area (Å²) in [6, 6.07) is 8.68. The maximum atomic E-state index is 11.8. The molecule has 0 heterocycles. The maximum absolute atomic E-state index is 11.8. The van der Waals surface area contributed by atoms with Gasteiger partial charge in [0.1, 0.15) is 5.60 Å². The number of hydrogen-bond donors (Lipinski definition) is 2. The standard InChI is InChI=1S/C19H32N2O2/c1-7-17(14(2)3)20-12-15-10-8-9-11-16(15)13-21-18(22)23-19(4,5)6/h8-11,14,17,20H,7,12-13H2,1-6H3,(H,21,22). The van der Waals surface area contributed by atoms with Crippen LogP contribution < -0.4 is 10.6 Å². The highest BCUT2D eigenvalue weighted by Gasteiger charge is 2.16. The molecule has 0 saturated heterocycles. The van der Waals surface area contributed by atoms with Crippen molar-refractivity contribution < 1.29 is 9.53 Å². The number of nitrogens with one attached hydrogen (secondary N) is 2. The average molecular weight is 320 g/mol. The molecule has 0 fully saturated rings. The Kier molecular flexibility index (Phi) is 7.56. The van der Waals surface area contributed by atoms with Gasteiger partial charge >= 0.3 is 6.09 Å². The number of ether oxygens (including phenoxy) is 1. The first-order chi connectivity index (χ1) is 10.7. The first-order valence-electron chi connectivity index (χ1n) is 8.50. The van der Waals surface area contributed by atoms with E-state index in [-0.39, 0.29) is 6.09 Å². The summed E-state index contributed by atoms with van der Waals surface area (Å²) in [6.45, 7) is 13.5. The van der Waals surface area contributed by atoms with Crippen LogP contribution in [0.25, 0.3) is 0 Å². The highest BCUT2D eigenvalue weighted by atomic mass is 16.6. The van der Waals surface area contributed by atoms with Crippen LogP contribution in [-0.2, 0) is 17.8 Å². The minimum absolute atomic E-state index is 0.381. The molecule has 0 bridgehead atoms. The number of alkyl carbamates (subject to hydrolysis) is 1. The van der Waals surface area contributed by atoms with Crippen LogP contribution in [0.2, 0.25) is 0 Å². The Morgan fingerprint density at radius 3 is 2.17 bits per heavy atom. The molecule has 1 unspecified atom stereocenters. The van der Waals surface area contributed by atoms with E-state index >= 15 is 0 Å². The fourth-order valence-electron chi connectivity index (χ4n) is 2.48. The third-order valence-corrected chi connectivity index (χ3v) is 3.74. The van der Waals surface area contributed by atoms with Crippen molar-refractivity contribution in [3.05, 3.63) is 35.4 Å². The summed E-state index contributed by atoms with van der Waals surface area (Å²) >= 11 is 0. The molecule has 0 radical (unpaired) electrons. The zero-order valence-electron chi connectivity index (χ0n) is 15.4. The molecule has 4 nitrogen and oxygen atoms in total. The van der Waals surface area contributed by atoms with Crippen molar-refractivity contribution in [1.29, 1.82) is 0 Å². The highest BCUT2D eigenvalue weighted by molar-refractivity contribution is 5.67. The topological polar surface area (TPSA) is 50.4 Å². The summed E-state index contributed by atoms with van der Waals surface area (Å²) in [7, 11) is 0. The summed E-state index contributed by atoms with van der Waals surface area (Å²) in [5.41, 5.74) is 1.85. The zero-order chi connectivity index (χ0) is 17.5. The van der Waals surface area contributed by atoms with Crippen molar-refractivity contribution in [2.45, 2.75) is 72.7 Å². The number of benzene rings is 1. The Morgan fingerprint density at radius 1 is 1.13 bits per heavy atom. The molecule has 2 N–H and O–H groups in total. The van der Waals surface area contributed by atoms with E-state index in [9.17, 15) is 4.79 Å². The quantitative estimate of drug-likeness (QED) is 0.790. The summed E-state index contributed by atoms with van der Waals surface area (Å²) in [5, 5.41) is 6.44. The number of carbonyl (C=O) groups excluding carboxylic acids is 1. The van der Waals surface area contributed by atoms with Crippen LogP contribution in [0.1, 0.15) is 59.1 Å². The van der Waals surface area contributed by atoms with Crippen LogP contribution in [0.15, 0.2) is 24.3 Å². The van der Waals surface area contributed by atoms with Gasteiger partial charge in [0, 0.05) is 19.1 Å². The lowest BCUT2D eigenvalue weighted by Crippen LogP contribution is -2.34. The Bertz CT molecular complexity index is 492. The minimum atomic E-state index is -0.475. The Hall–Kier alpha value is -1.55. The molecule has 1 atom stereocenters. The number of hydrogen-bond acceptors (Lipinski definition) is 3. The van der Waals surface area contributed by atoms with E-state index < -0.39 is 5.60 Å². The highest BCUT2D eigenvalue weighted by Crippen LogP contribution is 2.12. The lowest BCUT2D eigenvalue weighted by atomic mass is 10.0. The van der Waals surface area contributed by atoms with Crippen LogP contribution in [0, 0.1) is 5.92 Å². The third kappa shape index (κ3) is 7.51. The van der Waals surface area contributed by atoms with Crippen molar-refractivity contribution in [2.24, 2.45) is 5.92 Å². The van der Waals surface area contributed by atoms with Crippen molar-refractivity contribution in [3.63, 3.8) is 0 Å². The second-order valence-corrected chi connectivity index (χ2v) is 7.26. The van der Waals surface area contributed by atoms with Gasteiger partial charge in [0.2, 0.25) is 0 Å². The number of amides is 1. The SMILES string of the molecule is CCC(NCc1ccccc1CNC(=O)OC(C)(C)C)C(C)C. The second kappa shape index (κ2) is 8.92. The van der Waals surface area contributed by atoms with Gasteiger partial charge in [0.25, 0.3) is 0 Å². The molecular weight excluding hydrogens is 288 g/mol. The molecule has 130 valence electrons. The van der Waals surface area contributed by atoms with Crippen molar-refractivity contribution in [1.82, 2.24) is 10.6 Å². The van der Waals surface area contributed by atoms with Crippen LogP contribution in [0.5, 0.6) is 0 Å². The Labute approximate surface area is 141 Å². The van der Waals surface area contributed by atoms with E-state index in [4.69, 9.17) is 4.74 Å². The van der Waals surface area contributed by atoms with E-state index in [1.807, 2.05) is 39.0 Å². The normalized spacial score (nSPS) is 13.0. The predicted octanol–water partition coefficient (Wildman–Crippen LogP) is 4.24. The summed E-state index contributed by atoms with van der Waals surface area (Å²) < 4.78 is 5.28. The van der Waals surface area contributed by atoms with Crippen molar-refractivity contribution in [2.75, 3.05) is 0 Å². The zero-order valence-corrected chi connectivity index (χ0v) is 15.4. The van der Waals surface area contributed by atoms with E-state index in [0.29, 0.717) is 18.5 Å². The summed E-state index contributed by atoms with van der Waals surface area (Å²) in [4.78, 5) is 11.8. The fourth-order valence-corrected chi connectivity index (χ4v) is 2.48. The molecule has 1 aromatic carbocycles. The molecule has 0 aliphatic rings. The van der Waals surface area contributed by atoms with Gasteiger partial charge in [-0.15, -0.1) is 0 Å². The third-order valence-electron chi connectivity index (χ3n) is 3.74. The lowest BCUT2D eigenvalue weighted by molar-refractivity contribution is 0.0523. The van der Waals surface area contributed by atoms with Gasteiger partial charge in [0.15, 0.2) is 0 Å². The van der Waals surface area contributed by atoms with Crippen LogP contribution >= 0.6 is 0 Å². The number of rotatable bonds is 7. The van der Waals surface area contributed by atoms with E-state index in [0.717, 1.165) is 18.5 Å². The minimum Gasteiger partial charge on any atom is -0.444 e. The average Bonchev–Trinajstić information content (AvgIpc) is 2.44. The number of carbonyl (C=O) groups is 1. The first kappa shape index (κ1) is 19.5. The Balaban J connectivity index is 2.62. The summed E-state index contributed by atoms with van der Waals surface area (Å²) in [6.07, 6.45) is 0.726. The van der Waals surface area contributed by atoms with Crippen molar-refractivity contribution >= 4 is 6.09 Å². The molecule has 0 aliphatic carbocycles. The second-order valence-electron chi connectivity index (χ2n) is 7.26. The molecule has 1 rings (SSSR count). The molecule has 0 spiro atoms. The Morgan fingerprint density at radius 2 is 1.70 bits per heavy atom. The largest absolute Gasteiger partial charge is 0.444 e. The summed E-state index contributed by atoms with van der Waals surface area (Å²) in [5.74, 6) is 0.604. The van der Waals surface area contributed by atoms with E-state index in [2.05, 4.69) is 37.5 Å².